The maximum absolute atomic E-state index is 10.9. The van der Waals surface area contributed by atoms with Gasteiger partial charge in [-0.1, -0.05) is 24.6 Å². The minimum Gasteiger partial charge on any atom is -0.370 e. The Labute approximate surface area is 95.8 Å². The molecule has 0 bridgehead atoms. The summed E-state index contributed by atoms with van der Waals surface area (Å²) in [5.74, 6) is 0. The van der Waals surface area contributed by atoms with Gasteiger partial charge in [0.05, 0.1) is 10.7 Å². The van der Waals surface area contributed by atoms with Crippen LogP contribution in [0.1, 0.15) is 30.6 Å². The molecule has 0 saturated heterocycles. The summed E-state index contributed by atoms with van der Waals surface area (Å²) in [5, 5.41) is 0.627. The Balaban J connectivity index is 3.16. The van der Waals surface area contributed by atoms with Crippen LogP contribution in [-0.4, -0.2) is 19.4 Å². The number of benzene rings is 1. The predicted molar refractivity (Wildman–Crippen MR) is 65.0 cm³/mol. The molecule has 0 heterocycles. The first-order chi connectivity index (χ1) is 7.11. The third-order valence-corrected chi connectivity index (χ3v) is 3.05. The molecular formula is C12H16ClNO. The van der Waals surface area contributed by atoms with E-state index in [0.717, 1.165) is 18.4 Å². The number of hydrogen-bond acceptors (Lipinski definition) is 2. The molecule has 0 aliphatic rings. The first-order valence-corrected chi connectivity index (χ1v) is 5.46. The van der Waals surface area contributed by atoms with E-state index in [1.807, 2.05) is 18.0 Å². The SMILES string of the molecule is CCC(C)N(C)c1c(Cl)cccc1C=O. The molecule has 3 heteroatoms. The van der Waals surface area contributed by atoms with E-state index in [0.29, 0.717) is 16.6 Å². The van der Waals surface area contributed by atoms with Gasteiger partial charge < -0.3 is 4.90 Å². The van der Waals surface area contributed by atoms with Crippen molar-refractivity contribution in [1.29, 1.82) is 0 Å². The van der Waals surface area contributed by atoms with Gasteiger partial charge in [-0.15, -0.1) is 0 Å². The van der Waals surface area contributed by atoms with E-state index in [2.05, 4.69) is 13.8 Å². The molecule has 1 atom stereocenters. The van der Waals surface area contributed by atoms with E-state index < -0.39 is 0 Å². The van der Waals surface area contributed by atoms with Crippen molar-refractivity contribution in [2.45, 2.75) is 26.3 Å². The van der Waals surface area contributed by atoms with Gasteiger partial charge in [-0.25, -0.2) is 0 Å². The average Bonchev–Trinajstić information content (AvgIpc) is 2.26. The van der Waals surface area contributed by atoms with Crippen LogP contribution in [0.5, 0.6) is 0 Å². The smallest absolute Gasteiger partial charge is 0.152 e. The van der Waals surface area contributed by atoms with Gasteiger partial charge in [0.2, 0.25) is 0 Å². The zero-order valence-corrected chi connectivity index (χ0v) is 10.1. The predicted octanol–water partition coefficient (Wildman–Crippen LogP) is 3.39. The van der Waals surface area contributed by atoms with Gasteiger partial charge in [-0.2, -0.15) is 0 Å². The highest BCUT2D eigenvalue weighted by molar-refractivity contribution is 6.33. The van der Waals surface area contributed by atoms with Crippen molar-refractivity contribution in [3.63, 3.8) is 0 Å². The first-order valence-electron chi connectivity index (χ1n) is 5.08. The fraction of sp³-hybridized carbons (Fsp3) is 0.417. The van der Waals surface area contributed by atoms with Crippen molar-refractivity contribution in [3.05, 3.63) is 28.8 Å². The molecule has 0 saturated carbocycles. The standard InChI is InChI=1S/C12H16ClNO/c1-4-9(2)14(3)12-10(8-15)6-5-7-11(12)13/h5-9H,4H2,1-3H3. The summed E-state index contributed by atoms with van der Waals surface area (Å²) in [7, 11) is 1.96. The molecular weight excluding hydrogens is 210 g/mol. The van der Waals surface area contributed by atoms with E-state index in [1.54, 1.807) is 12.1 Å². The minimum atomic E-state index is 0.364. The average molecular weight is 226 g/mol. The Morgan fingerprint density at radius 3 is 2.73 bits per heavy atom. The Bertz CT molecular complexity index is 351. The zero-order chi connectivity index (χ0) is 11.4. The summed E-state index contributed by atoms with van der Waals surface area (Å²) in [5.41, 5.74) is 1.47. The van der Waals surface area contributed by atoms with Crippen molar-refractivity contribution < 1.29 is 4.79 Å². The lowest BCUT2D eigenvalue weighted by atomic mass is 10.1. The molecule has 0 aliphatic heterocycles. The summed E-state index contributed by atoms with van der Waals surface area (Å²) in [6.07, 6.45) is 1.86. The quantitative estimate of drug-likeness (QED) is 0.733. The third-order valence-electron chi connectivity index (χ3n) is 2.75. The Morgan fingerprint density at radius 1 is 1.53 bits per heavy atom. The largest absolute Gasteiger partial charge is 0.370 e. The maximum atomic E-state index is 10.9. The third kappa shape index (κ3) is 2.51. The molecule has 1 rings (SSSR count). The number of rotatable bonds is 4. The number of hydrogen-bond donors (Lipinski definition) is 0. The fourth-order valence-corrected chi connectivity index (χ4v) is 1.81. The summed E-state index contributed by atoms with van der Waals surface area (Å²) in [6.45, 7) is 4.22. The van der Waals surface area contributed by atoms with Crippen molar-refractivity contribution >= 4 is 23.6 Å². The van der Waals surface area contributed by atoms with E-state index >= 15 is 0 Å². The van der Waals surface area contributed by atoms with Crippen LogP contribution in [0.3, 0.4) is 0 Å². The van der Waals surface area contributed by atoms with Crippen LogP contribution in [0.15, 0.2) is 18.2 Å². The number of carbonyl (C=O) groups excluding carboxylic acids is 1. The van der Waals surface area contributed by atoms with Gasteiger partial charge in [0, 0.05) is 18.7 Å². The second-order valence-electron chi connectivity index (χ2n) is 3.66. The Kier molecular flexibility index (Phi) is 4.15. The van der Waals surface area contributed by atoms with Crippen molar-refractivity contribution in [1.82, 2.24) is 0 Å². The number of aldehydes is 1. The van der Waals surface area contributed by atoms with Crippen LogP contribution < -0.4 is 4.90 Å². The summed E-state index contributed by atoms with van der Waals surface area (Å²) < 4.78 is 0. The van der Waals surface area contributed by atoms with Gasteiger partial charge in [0.15, 0.2) is 6.29 Å². The van der Waals surface area contributed by atoms with Gasteiger partial charge >= 0.3 is 0 Å². The topological polar surface area (TPSA) is 20.3 Å². The molecule has 15 heavy (non-hydrogen) atoms. The highest BCUT2D eigenvalue weighted by Crippen LogP contribution is 2.29. The molecule has 0 aliphatic carbocycles. The van der Waals surface area contributed by atoms with Crippen LogP contribution in [0.2, 0.25) is 5.02 Å². The fourth-order valence-electron chi connectivity index (χ4n) is 1.49. The van der Waals surface area contributed by atoms with E-state index in [9.17, 15) is 4.79 Å². The van der Waals surface area contributed by atoms with Crippen LogP contribution in [0.25, 0.3) is 0 Å². The summed E-state index contributed by atoms with van der Waals surface area (Å²) in [6, 6.07) is 5.75. The second-order valence-corrected chi connectivity index (χ2v) is 4.07. The molecule has 0 fully saturated rings. The Hall–Kier alpha value is -1.02. The Morgan fingerprint density at radius 2 is 2.20 bits per heavy atom. The highest BCUT2D eigenvalue weighted by atomic mass is 35.5. The number of carbonyl (C=O) groups is 1. The second kappa shape index (κ2) is 5.17. The number of halogens is 1. The summed E-state index contributed by atoms with van der Waals surface area (Å²) in [4.78, 5) is 13.0. The van der Waals surface area contributed by atoms with Crippen LogP contribution in [0.4, 0.5) is 5.69 Å². The van der Waals surface area contributed by atoms with E-state index in [4.69, 9.17) is 11.6 Å². The lowest BCUT2D eigenvalue weighted by molar-refractivity contribution is 0.112. The van der Waals surface area contributed by atoms with E-state index in [-0.39, 0.29) is 0 Å². The molecule has 82 valence electrons. The van der Waals surface area contributed by atoms with Crippen molar-refractivity contribution in [3.8, 4) is 0 Å². The van der Waals surface area contributed by atoms with Crippen LogP contribution in [-0.2, 0) is 0 Å². The molecule has 0 aromatic heterocycles. The van der Waals surface area contributed by atoms with Gasteiger partial charge in [0.1, 0.15) is 0 Å². The number of para-hydroxylation sites is 1. The number of nitrogens with zero attached hydrogens (tertiary/aromatic N) is 1. The molecule has 1 unspecified atom stereocenters. The lowest BCUT2D eigenvalue weighted by Gasteiger charge is -2.28. The number of anilines is 1. The minimum absolute atomic E-state index is 0.364. The molecule has 0 spiro atoms. The van der Waals surface area contributed by atoms with Gasteiger partial charge in [-0.3, -0.25) is 4.79 Å². The summed E-state index contributed by atoms with van der Waals surface area (Å²) >= 11 is 6.10. The highest BCUT2D eigenvalue weighted by Gasteiger charge is 2.14. The van der Waals surface area contributed by atoms with Crippen molar-refractivity contribution in [2.24, 2.45) is 0 Å². The maximum Gasteiger partial charge on any atom is 0.152 e. The molecule has 1 aromatic rings. The van der Waals surface area contributed by atoms with E-state index in [1.165, 1.54) is 0 Å². The molecule has 0 radical (unpaired) electrons. The zero-order valence-electron chi connectivity index (χ0n) is 9.33. The van der Waals surface area contributed by atoms with Gasteiger partial charge in [-0.05, 0) is 25.5 Å². The first kappa shape index (κ1) is 12.1. The van der Waals surface area contributed by atoms with Crippen molar-refractivity contribution in [2.75, 3.05) is 11.9 Å². The van der Waals surface area contributed by atoms with Crippen LogP contribution >= 0.6 is 11.6 Å². The monoisotopic (exact) mass is 225 g/mol. The van der Waals surface area contributed by atoms with Gasteiger partial charge in [0.25, 0.3) is 0 Å². The molecule has 0 amide bonds. The molecule has 0 N–H and O–H groups in total. The normalized spacial score (nSPS) is 12.3. The lowest BCUT2D eigenvalue weighted by Crippen LogP contribution is -2.29. The van der Waals surface area contributed by atoms with Crippen LogP contribution in [0, 0.1) is 0 Å². The molecule has 1 aromatic carbocycles. The molecule has 2 nitrogen and oxygen atoms in total.